The smallest absolute Gasteiger partial charge is 0.472 e. The van der Waals surface area contributed by atoms with Crippen molar-refractivity contribution in [2.75, 3.05) is 19.8 Å². The maximum atomic E-state index is 12.6. The van der Waals surface area contributed by atoms with E-state index < -0.39 is 51.1 Å². The number of allylic oxidation sites excluding steroid dienone is 10. The summed E-state index contributed by atoms with van der Waals surface area (Å²) < 4.78 is 32.6. The molecular formula is C44H76NO11P. The van der Waals surface area contributed by atoms with E-state index in [1.807, 2.05) is 19.1 Å². The molecule has 0 radical (unpaired) electrons. The molecule has 0 saturated heterocycles. The average Bonchev–Trinajstić information content (AvgIpc) is 3.17. The third kappa shape index (κ3) is 39.7. The fourth-order valence-corrected chi connectivity index (χ4v) is 6.14. The number of carbonyl (C=O) groups is 3. The summed E-state index contributed by atoms with van der Waals surface area (Å²) in [6.45, 7) is 2.27. The standard InChI is InChI=1S/C44H76NO11P/c1-3-4-5-6-7-8-9-10-12-16-19-22-25-28-31-34-42(47)53-36-40(37-54-57(51,52)55-38-41(45)44(49)50)56-43(48)35-32-29-26-23-20-17-14-11-13-15-18-21-24-27-30-33-39(2)46/h10,12-15,17,21,23-24,26,39-41,46H,3-9,11,16,18-20,22,25,27-38,45H2,1-2H3,(H,49,50)(H,51,52)/b12-10-,15-13-,17-14-,24-21-,26-23-/t39-,40+,41-/m0/s1. The predicted octanol–water partition coefficient (Wildman–Crippen LogP) is 10.1. The number of hydrogen-bond donors (Lipinski definition) is 4. The highest BCUT2D eigenvalue weighted by Crippen LogP contribution is 2.43. The maximum Gasteiger partial charge on any atom is 0.472 e. The number of unbranched alkanes of at least 4 members (excludes halogenated alkanes) is 13. The summed E-state index contributed by atoms with van der Waals surface area (Å²) in [7, 11) is -4.74. The zero-order valence-electron chi connectivity index (χ0n) is 35.0. The minimum absolute atomic E-state index is 0.0695. The molecule has 0 aliphatic rings. The van der Waals surface area contributed by atoms with Gasteiger partial charge in [0.2, 0.25) is 0 Å². The molecule has 0 aliphatic heterocycles. The Morgan fingerprint density at radius 3 is 1.63 bits per heavy atom. The van der Waals surface area contributed by atoms with Crippen LogP contribution in [0, 0.1) is 0 Å². The molecule has 0 aromatic carbocycles. The lowest BCUT2D eigenvalue weighted by atomic mass is 10.1. The SMILES string of the molecule is CCCCCCCC/C=C\CCCCCCCC(=O)OC[C@H](COP(=O)(O)OC[C@H](N)C(=O)O)OC(=O)CCC/C=C\C/C=C\C/C=C\C/C=C\CCC[C@H](C)O. The Bertz CT molecular complexity index is 1210. The molecule has 0 aromatic heterocycles. The van der Waals surface area contributed by atoms with Gasteiger partial charge in [0.25, 0.3) is 0 Å². The Morgan fingerprint density at radius 1 is 0.614 bits per heavy atom. The van der Waals surface area contributed by atoms with E-state index in [4.69, 9.17) is 24.8 Å². The van der Waals surface area contributed by atoms with Gasteiger partial charge < -0.3 is 30.3 Å². The number of carbonyl (C=O) groups excluding carboxylic acids is 2. The fourth-order valence-electron chi connectivity index (χ4n) is 5.36. The Hall–Kier alpha value is -2.86. The van der Waals surface area contributed by atoms with Gasteiger partial charge in [0.1, 0.15) is 12.6 Å². The molecule has 0 amide bonds. The number of hydrogen-bond acceptors (Lipinski definition) is 10. The summed E-state index contributed by atoms with van der Waals surface area (Å²) in [4.78, 5) is 45.9. The number of aliphatic hydroxyl groups is 1. The van der Waals surface area contributed by atoms with E-state index in [1.54, 1.807) is 0 Å². The molecule has 12 nitrogen and oxygen atoms in total. The Kier molecular flexibility index (Phi) is 36.7. The van der Waals surface area contributed by atoms with Gasteiger partial charge in [-0.15, -0.1) is 0 Å². The highest BCUT2D eigenvalue weighted by Gasteiger charge is 2.28. The first-order valence-corrected chi connectivity index (χ1v) is 22.8. The second-order valence-electron chi connectivity index (χ2n) is 14.4. The molecule has 13 heteroatoms. The van der Waals surface area contributed by atoms with Gasteiger partial charge in [0.15, 0.2) is 6.10 Å². The molecule has 0 aliphatic carbocycles. The molecule has 0 saturated carbocycles. The molecule has 0 bridgehead atoms. The quantitative estimate of drug-likeness (QED) is 0.0199. The van der Waals surface area contributed by atoms with E-state index in [2.05, 4.69) is 60.1 Å². The Morgan fingerprint density at radius 2 is 1.07 bits per heavy atom. The molecular weight excluding hydrogens is 749 g/mol. The number of phosphoric ester groups is 1. The van der Waals surface area contributed by atoms with E-state index in [0.29, 0.717) is 19.3 Å². The minimum atomic E-state index is -4.74. The highest BCUT2D eigenvalue weighted by molar-refractivity contribution is 7.47. The van der Waals surface area contributed by atoms with Crippen molar-refractivity contribution in [3.63, 3.8) is 0 Å². The van der Waals surface area contributed by atoms with Crippen LogP contribution in [0.3, 0.4) is 0 Å². The third-order valence-electron chi connectivity index (χ3n) is 8.76. The van der Waals surface area contributed by atoms with Gasteiger partial charge in [-0.2, -0.15) is 0 Å². The van der Waals surface area contributed by atoms with Crippen molar-refractivity contribution in [2.45, 2.75) is 180 Å². The monoisotopic (exact) mass is 826 g/mol. The van der Waals surface area contributed by atoms with Crippen molar-refractivity contribution in [3.8, 4) is 0 Å². The molecule has 328 valence electrons. The Balaban J connectivity index is 4.50. The molecule has 57 heavy (non-hydrogen) atoms. The zero-order valence-corrected chi connectivity index (χ0v) is 35.9. The van der Waals surface area contributed by atoms with Gasteiger partial charge in [0, 0.05) is 12.8 Å². The van der Waals surface area contributed by atoms with E-state index in [9.17, 15) is 28.9 Å². The molecule has 4 atom stereocenters. The first-order chi connectivity index (χ1) is 27.5. The van der Waals surface area contributed by atoms with Gasteiger partial charge in [-0.1, -0.05) is 119 Å². The number of rotatable bonds is 39. The van der Waals surface area contributed by atoms with Crippen LogP contribution in [0.25, 0.3) is 0 Å². The van der Waals surface area contributed by atoms with Gasteiger partial charge in [0.05, 0.1) is 19.3 Å². The molecule has 1 unspecified atom stereocenters. The van der Waals surface area contributed by atoms with Gasteiger partial charge >= 0.3 is 25.7 Å². The number of nitrogens with two attached hydrogens (primary N) is 1. The van der Waals surface area contributed by atoms with Crippen molar-refractivity contribution in [3.05, 3.63) is 60.8 Å². The lowest BCUT2D eigenvalue weighted by Gasteiger charge is -2.20. The normalized spacial score (nSPS) is 14.9. The maximum absolute atomic E-state index is 12.6. The number of ether oxygens (including phenoxy) is 2. The highest BCUT2D eigenvalue weighted by atomic mass is 31.2. The van der Waals surface area contributed by atoms with Crippen LogP contribution in [0.2, 0.25) is 0 Å². The van der Waals surface area contributed by atoms with Crippen molar-refractivity contribution in [2.24, 2.45) is 5.73 Å². The van der Waals surface area contributed by atoms with Crippen LogP contribution in [-0.4, -0.2) is 71.1 Å². The second kappa shape index (κ2) is 38.6. The van der Waals surface area contributed by atoms with Crippen LogP contribution in [0.5, 0.6) is 0 Å². The lowest BCUT2D eigenvalue weighted by Crippen LogP contribution is -2.34. The van der Waals surface area contributed by atoms with Crippen LogP contribution < -0.4 is 5.73 Å². The number of aliphatic carboxylic acids is 1. The summed E-state index contributed by atoms with van der Waals surface area (Å²) in [5.41, 5.74) is 5.32. The van der Waals surface area contributed by atoms with Crippen LogP contribution in [0.1, 0.15) is 162 Å². The van der Waals surface area contributed by atoms with Crippen LogP contribution in [-0.2, 0) is 37.5 Å². The zero-order chi connectivity index (χ0) is 42.2. The average molecular weight is 826 g/mol. The largest absolute Gasteiger partial charge is 0.480 e. The van der Waals surface area contributed by atoms with E-state index in [0.717, 1.165) is 77.0 Å². The summed E-state index contributed by atoms with van der Waals surface area (Å²) in [5, 5.41) is 18.1. The van der Waals surface area contributed by atoms with E-state index in [-0.39, 0.29) is 25.6 Å². The molecule has 0 spiro atoms. The molecule has 0 rings (SSSR count). The molecule has 0 heterocycles. The second-order valence-corrected chi connectivity index (χ2v) is 15.9. The van der Waals surface area contributed by atoms with Crippen LogP contribution in [0.15, 0.2) is 60.8 Å². The van der Waals surface area contributed by atoms with Gasteiger partial charge in [-0.05, 0) is 90.4 Å². The topological polar surface area (TPSA) is 192 Å². The number of esters is 2. The number of carboxylic acid groups (broad SMARTS) is 1. The van der Waals surface area contributed by atoms with Crippen LogP contribution in [0.4, 0.5) is 0 Å². The summed E-state index contributed by atoms with van der Waals surface area (Å²) in [6, 6.07) is -1.54. The molecule has 0 fully saturated rings. The van der Waals surface area contributed by atoms with Crippen molar-refractivity contribution in [1.82, 2.24) is 0 Å². The Labute approximate surface area is 343 Å². The molecule has 5 N–H and O–H groups in total. The van der Waals surface area contributed by atoms with Crippen molar-refractivity contribution < 1.29 is 52.6 Å². The van der Waals surface area contributed by atoms with Crippen molar-refractivity contribution in [1.29, 1.82) is 0 Å². The summed E-state index contributed by atoms with van der Waals surface area (Å²) >= 11 is 0. The number of aliphatic hydroxyl groups excluding tert-OH is 1. The lowest BCUT2D eigenvalue weighted by molar-refractivity contribution is -0.161. The minimum Gasteiger partial charge on any atom is -0.480 e. The molecule has 0 aromatic rings. The van der Waals surface area contributed by atoms with Crippen LogP contribution >= 0.6 is 7.82 Å². The first-order valence-electron chi connectivity index (χ1n) is 21.3. The van der Waals surface area contributed by atoms with Gasteiger partial charge in [-0.3, -0.25) is 23.4 Å². The first kappa shape index (κ1) is 54.1. The van der Waals surface area contributed by atoms with E-state index in [1.165, 1.54) is 38.5 Å². The number of phosphoric acid groups is 1. The summed E-state index contributed by atoms with van der Waals surface area (Å²) in [5.74, 6) is -2.49. The third-order valence-corrected chi connectivity index (χ3v) is 9.71. The summed E-state index contributed by atoms with van der Waals surface area (Å²) in [6.07, 6.45) is 41.4. The fraction of sp³-hybridized carbons (Fsp3) is 0.705. The van der Waals surface area contributed by atoms with E-state index >= 15 is 0 Å². The predicted molar refractivity (Wildman–Crippen MR) is 227 cm³/mol. The van der Waals surface area contributed by atoms with Crippen molar-refractivity contribution >= 4 is 25.7 Å². The van der Waals surface area contributed by atoms with Gasteiger partial charge in [-0.25, -0.2) is 4.57 Å². The number of carboxylic acids is 1.